The summed E-state index contributed by atoms with van der Waals surface area (Å²) in [5.74, 6) is 0.945. The van der Waals surface area contributed by atoms with E-state index in [0.29, 0.717) is 23.2 Å². The molecule has 0 aromatic carbocycles. The molecule has 0 aliphatic rings. The number of carbonyl (C=O) groups excluding carboxylic acids is 1. The Bertz CT molecular complexity index is 310. The van der Waals surface area contributed by atoms with Crippen LogP contribution in [0, 0.1) is 0 Å². The average molecular weight is 230 g/mol. The van der Waals surface area contributed by atoms with E-state index in [0.717, 1.165) is 5.69 Å². The monoisotopic (exact) mass is 230 g/mol. The Morgan fingerprint density at radius 3 is 2.93 bits per heavy atom. The molecule has 0 aliphatic carbocycles. The number of hydrogen-bond donors (Lipinski definition) is 2. The summed E-state index contributed by atoms with van der Waals surface area (Å²) in [5, 5.41) is 5.39. The number of hydrogen-bond acceptors (Lipinski definition) is 4. The molecule has 0 fully saturated rings. The molecule has 1 amide bonds. The van der Waals surface area contributed by atoms with Crippen LogP contribution in [0.4, 0.5) is 5.13 Å². The van der Waals surface area contributed by atoms with Gasteiger partial charge in [-0.05, 0) is 11.7 Å². The zero-order valence-corrected chi connectivity index (χ0v) is 9.99. The van der Waals surface area contributed by atoms with Gasteiger partial charge in [0.2, 0.25) is 5.91 Å². The minimum absolute atomic E-state index is 0.0235. The van der Waals surface area contributed by atoms with Crippen molar-refractivity contribution in [3.05, 3.63) is 11.1 Å². The third kappa shape index (κ3) is 3.31. The molecule has 0 radical (unpaired) electrons. The van der Waals surface area contributed by atoms with Crippen molar-refractivity contribution in [2.24, 2.45) is 0 Å². The van der Waals surface area contributed by atoms with Crippen LogP contribution in [-0.4, -0.2) is 16.6 Å². The molecule has 1 N–H and O–H groups in total. The molecule has 1 rings (SSSR count). The first-order valence-electron chi connectivity index (χ1n) is 4.49. The summed E-state index contributed by atoms with van der Waals surface area (Å²) in [5.41, 5.74) is 1.02. The molecule has 0 saturated heterocycles. The maximum Gasteiger partial charge on any atom is 0.226 e. The first-order chi connectivity index (χ1) is 6.63. The number of thiazole rings is 1. The molecule has 0 aliphatic heterocycles. The highest BCUT2D eigenvalue weighted by Gasteiger charge is 2.07. The number of rotatable bonds is 4. The average Bonchev–Trinajstić information content (AvgIpc) is 2.53. The number of anilines is 1. The van der Waals surface area contributed by atoms with Crippen LogP contribution in [0.5, 0.6) is 0 Å². The van der Waals surface area contributed by atoms with Gasteiger partial charge in [0.25, 0.3) is 0 Å². The van der Waals surface area contributed by atoms with Gasteiger partial charge in [0.15, 0.2) is 5.13 Å². The van der Waals surface area contributed by atoms with Crippen molar-refractivity contribution in [2.45, 2.75) is 26.2 Å². The lowest BCUT2D eigenvalue weighted by Gasteiger charge is -1.99. The fourth-order valence-electron chi connectivity index (χ4n) is 0.892. The maximum absolute atomic E-state index is 11.2. The highest BCUT2D eigenvalue weighted by atomic mass is 32.1. The molecule has 78 valence electrons. The third-order valence-corrected chi connectivity index (χ3v) is 2.70. The highest BCUT2D eigenvalue weighted by molar-refractivity contribution is 7.80. The summed E-state index contributed by atoms with van der Waals surface area (Å²) in [4.78, 5) is 15.5. The predicted octanol–water partition coefficient (Wildman–Crippen LogP) is 2.52. The molecular formula is C9H14N2OS2. The second-order valence-corrected chi connectivity index (χ2v) is 4.56. The van der Waals surface area contributed by atoms with Gasteiger partial charge in [-0.1, -0.05) is 13.8 Å². The number of amides is 1. The predicted molar refractivity (Wildman–Crippen MR) is 63.3 cm³/mol. The normalized spacial score (nSPS) is 10.6. The third-order valence-electron chi connectivity index (χ3n) is 1.70. The van der Waals surface area contributed by atoms with Gasteiger partial charge in [-0.25, -0.2) is 4.98 Å². The Morgan fingerprint density at radius 2 is 2.43 bits per heavy atom. The minimum Gasteiger partial charge on any atom is -0.302 e. The maximum atomic E-state index is 11.2. The first kappa shape index (κ1) is 11.5. The quantitative estimate of drug-likeness (QED) is 0.780. The molecule has 1 aromatic rings. The summed E-state index contributed by atoms with van der Waals surface area (Å²) >= 11 is 5.45. The first-order valence-corrected chi connectivity index (χ1v) is 6.01. The Balaban J connectivity index is 2.55. The van der Waals surface area contributed by atoms with E-state index in [9.17, 15) is 4.79 Å². The summed E-state index contributed by atoms with van der Waals surface area (Å²) < 4.78 is 0. The van der Waals surface area contributed by atoms with E-state index in [-0.39, 0.29) is 5.91 Å². The number of aromatic nitrogens is 1. The van der Waals surface area contributed by atoms with Crippen LogP contribution in [0.2, 0.25) is 0 Å². The van der Waals surface area contributed by atoms with Crippen molar-refractivity contribution in [3.8, 4) is 0 Å². The fourth-order valence-corrected chi connectivity index (χ4v) is 1.98. The van der Waals surface area contributed by atoms with Crippen LogP contribution in [-0.2, 0) is 4.79 Å². The molecule has 1 heterocycles. The van der Waals surface area contributed by atoms with E-state index < -0.39 is 0 Å². The van der Waals surface area contributed by atoms with Gasteiger partial charge < -0.3 is 5.32 Å². The van der Waals surface area contributed by atoms with Crippen molar-refractivity contribution in [3.63, 3.8) is 0 Å². The lowest BCUT2D eigenvalue weighted by molar-refractivity contribution is -0.115. The van der Waals surface area contributed by atoms with E-state index >= 15 is 0 Å². The molecule has 1 aromatic heterocycles. The molecule has 0 spiro atoms. The molecule has 0 unspecified atom stereocenters. The van der Waals surface area contributed by atoms with Crippen LogP contribution in [0.1, 0.15) is 31.9 Å². The van der Waals surface area contributed by atoms with Crippen molar-refractivity contribution < 1.29 is 4.79 Å². The van der Waals surface area contributed by atoms with E-state index in [2.05, 4.69) is 36.8 Å². The van der Waals surface area contributed by atoms with Crippen molar-refractivity contribution in [2.75, 3.05) is 11.1 Å². The van der Waals surface area contributed by atoms with Crippen molar-refractivity contribution in [1.29, 1.82) is 0 Å². The number of nitrogens with one attached hydrogen (secondary N) is 1. The summed E-state index contributed by atoms with van der Waals surface area (Å²) in [7, 11) is 0. The van der Waals surface area contributed by atoms with Gasteiger partial charge in [0.05, 0.1) is 5.69 Å². The van der Waals surface area contributed by atoms with Crippen LogP contribution in [0.25, 0.3) is 0 Å². The molecule has 0 atom stereocenters. The van der Waals surface area contributed by atoms with Crippen LogP contribution < -0.4 is 5.32 Å². The topological polar surface area (TPSA) is 42.0 Å². The molecule has 3 nitrogen and oxygen atoms in total. The van der Waals surface area contributed by atoms with Gasteiger partial charge in [-0.2, -0.15) is 12.6 Å². The highest BCUT2D eigenvalue weighted by Crippen LogP contribution is 2.21. The summed E-state index contributed by atoms with van der Waals surface area (Å²) in [6.07, 6.45) is 0.430. The SMILES string of the molecule is CC(C)c1csc(NC(=O)CCS)n1. The second kappa shape index (κ2) is 5.36. The lowest BCUT2D eigenvalue weighted by Crippen LogP contribution is -2.11. The van der Waals surface area contributed by atoms with E-state index in [1.54, 1.807) is 0 Å². The molecule has 5 heteroatoms. The van der Waals surface area contributed by atoms with Crippen molar-refractivity contribution in [1.82, 2.24) is 4.98 Å². The van der Waals surface area contributed by atoms with Crippen LogP contribution in [0.3, 0.4) is 0 Å². The number of carbonyl (C=O) groups is 1. The minimum atomic E-state index is -0.0235. The molecule has 14 heavy (non-hydrogen) atoms. The van der Waals surface area contributed by atoms with Crippen LogP contribution >= 0.6 is 24.0 Å². The Kier molecular flexibility index (Phi) is 4.41. The van der Waals surface area contributed by atoms with E-state index in [1.165, 1.54) is 11.3 Å². The summed E-state index contributed by atoms with van der Waals surface area (Å²) in [6, 6.07) is 0. The molecular weight excluding hydrogens is 216 g/mol. The largest absolute Gasteiger partial charge is 0.302 e. The van der Waals surface area contributed by atoms with E-state index in [1.807, 2.05) is 5.38 Å². The Labute approximate surface area is 93.3 Å². The van der Waals surface area contributed by atoms with Gasteiger partial charge in [-0.15, -0.1) is 11.3 Å². The summed E-state index contributed by atoms with van der Waals surface area (Å²) in [6.45, 7) is 4.16. The second-order valence-electron chi connectivity index (χ2n) is 3.25. The Hall–Kier alpha value is -0.550. The lowest BCUT2D eigenvalue weighted by atomic mass is 10.2. The van der Waals surface area contributed by atoms with Gasteiger partial charge >= 0.3 is 0 Å². The molecule has 0 bridgehead atoms. The van der Waals surface area contributed by atoms with Gasteiger partial charge in [-0.3, -0.25) is 4.79 Å². The fraction of sp³-hybridized carbons (Fsp3) is 0.556. The molecule has 0 saturated carbocycles. The standard InChI is InChI=1S/C9H14N2OS2/c1-6(2)7-5-14-9(10-7)11-8(12)3-4-13/h5-6,13H,3-4H2,1-2H3,(H,10,11,12). The van der Waals surface area contributed by atoms with Crippen LogP contribution in [0.15, 0.2) is 5.38 Å². The number of thiol groups is 1. The van der Waals surface area contributed by atoms with E-state index in [4.69, 9.17) is 0 Å². The Morgan fingerprint density at radius 1 is 1.71 bits per heavy atom. The van der Waals surface area contributed by atoms with Crippen molar-refractivity contribution >= 4 is 35.0 Å². The smallest absolute Gasteiger partial charge is 0.226 e. The van der Waals surface area contributed by atoms with Gasteiger partial charge in [0, 0.05) is 11.8 Å². The number of nitrogens with zero attached hydrogens (tertiary/aromatic N) is 1. The zero-order valence-electron chi connectivity index (χ0n) is 8.28. The van der Waals surface area contributed by atoms with Gasteiger partial charge in [0.1, 0.15) is 0 Å². The zero-order chi connectivity index (χ0) is 10.6.